The molecule has 0 N–H and O–H groups in total. The van der Waals surface area contributed by atoms with Crippen molar-refractivity contribution in [1.82, 2.24) is 13.7 Å². The third-order valence-corrected chi connectivity index (χ3v) is 6.98. The number of sulfonamides is 1. The van der Waals surface area contributed by atoms with Crippen molar-refractivity contribution in [3.8, 4) is 0 Å². The Labute approximate surface area is 129 Å². The summed E-state index contributed by atoms with van der Waals surface area (Å²) < 4.78 is 35.5. The minimum Gasteiger partial charge on any atom is -0.377 e. The first-order valence-corrected chi connectivity index (χ1v) is 9.44. The smallest absolute Gasteiger partial charge is 0.217 e. The molecule has 0 spiro atoms. The van der Waals surface area contributed by atoms with Crippen molar-refractivity contribution in [3.05, 3.63) is 5.82 Å². The summed E-state index contributed by atoms with van der Waals surface area (Å²) in [7, 11) is -1.45. The largest absolute Gasteiger partial charge is 0.377 e. The molecule has 1 aliphatic heterocycles. The number of rotatable bonds is 5. The van der Waals surface area contributed by atoms with Gasteiger partial charge in [-0.25, -0.2) is 13.4 Å². The molecule has 21 heavy (non-hydrogen) atoms. The molecule has 2 fully saturated rings. The second kappa shape index (κ2) is 6.15. The van der Waals surface area contributed by atoms with Gasteiger partial charge in [0, 0.05) is 44.8 Å². The Kier molecular flexibility index (Phi) is 4.43. The summed E-state index contributed by atoms with van der Waals surface area (Å²) in [4.78, 5) is 6.56. The maximum Gasteiger partial charge on any atom is 0.217 e. The van der Waals surface area contributed by atoms with E-state index in [4.69, 9.17) is 4.74 Å². The number of hydrogen-bond donors (Lipinski definition) is 0. The van der Waals surface area contributed by atoms with E-state index in [9.17, 15) is 8.42 Å². The lowest BCUT2D eigenvalue weighted by Gasteiger charge is -2.21. The lowest BCUT2D eigenvalue weighted by atomic mass is 10.4. The predicted octanol–water partition coefficient (Wildman–Crippen LogP) is 0.689. The van der Waals surface area contributed by atoms with E-state index in [2.05, 4.69) is 14.3 Å². The van der Waals surface area contributed by atoms with Crippen LogP contribution in [0.25, 0.3) is 0 Å². The van der Waals surface area contributed by atoms with Gasteiger partial charge in [0.2, 0.25) is 15.2 Å². The molecule has 118 valence electrons. The van der Waals surface area contributed by atoms with Crippen molar-refractivity contribution >= 4 is 26.7 Å². The summed E-state index contributed by atoms with van der Waals surface area (Å²) in [5.74, 6) is 0.684. The molecule has 7 nitrogen and oxygen atoms in total. The third kappa shape index (κ3) is 3.36. The Hall–Kier alpha value is -0.770. The normalized spacial score (nSPS) is 21.5. The van der Waals surface area contributed by atoms with Gasteiger partial charge < -0.3 is 9.64 Å². The van der Waals surface area contributed by atoms with Crippen LogP contribution in [-0.4, -0.2) is 60.6 Å². The van der Waals surface area contributed by atoms with Crippen molar-refractivity contribution in [1.29, 1.82) is 0 Å². The van der Waals surface area contributed by atoms with Crippen LogP contribution in [0.5, 0.6) is 0 Å². The van der Waals surface area contributed by atoms with Crippen LogP contribution in [0.4, 0.5) is 5.13 Å². The molecule has 0 unspecified atom stereocenters. The number of methoxy groups -OCH3 is 1. The van der Waals surface area contributed by atoms with Crippen molar-refractivity contribution in [2.24, 2.45) is 0 Å². The fourth-order valence-corrected chi connectivity index (χ4v) is 5.08. The van der Waals surface area contributed by atoms with E-state index in [0.29, 0.717) is 32.1 Å². The fourth-order valence-electron chi connectivity index (χ4n) is 2.48. The van der Waals surface area contributed by atoms with Crippen molar-refractivity contribution in [2.75, 3.05) is 38.2 Å². The highest BCUT2D eigenvalue weighted by Crippen LogP contribution is 2.31. The van der Waals surface area contributed by atoms with Gasteiger partial charge in [-0.15, -0.1) is 0 Å². The molecule has 0 amide bonds. The predicted molar refractivity (Wildman–Crippen MR) is 81.0 cm³/mol. The summed E-state index contributed by atoms with van der Waals surface area (Å²) in [6, 6.07) is 0. The first-order valence-electron chi connectivity index (χ1n) is 7.16. The minimum atomic E-state index is -3.07. The number of aromatic nitrogens is 2. The Bertz CT molecular complexity index is 585. The highest BCUT2D eigenvalue weighted by Gasteiger charge is 2.40. The third-order valence-electron chi connectivity index (χ3n) is 3.76. The maximum absolute atomic E-state index is 12.3. The quantitative estimate of drug-likeness (QED) is 0.790. The van der Waals surface area contributed by atoms with E-state index in [1.165, 1.54) is 11.5 Å². The van der Waals surface area contributed by atoms with Crippen LogP contribution in [0.1, 0.15) is 25.1 Å². The highest BCUT2D eigenvalue weighted by atomic mass is 32.2. The zero-order valence-corrected chi connectivity index (χ0v) is 13.7. The maximum atomic E-state index is 12.3. The Morgan fingerprint density at radius 3 is 2.81 bits per heavy atom. The first kappa shape index (κ1) is 15.1. The first-order chi connectivity index (χ1) is 10.1. The van der Waals surface area contributed by atoms with Gasteiger partial charge in [0.1, 0.15) is 6.61 Å². The molecule has 0 bridgehead atoms. The molecule has 1 aromatic rings. The molecular formula is C12H20N4O3S2. The minimum absolute atomic E-state index is 0.126. The zero-order valence-electron chi connectivity index (χ0n) is 12.1. The van der Waals surface area contributed by atoms with Crippen LogP contribution in [-0.2, 0) is 21.4 Å². The molecule has 1 aromatic heterocycles. The molecule has 0 atom stereocenters. The van der Waals surface area contributed by atoms with E-state index in [0.717, 1.165) is 30.9 Å². The SMILES string of the molecule is COCc1nsc(N2CCCN(S(=O)(=O)C3CC3)CC2)n1. The van der Waals surface area contributed by atoms with Crippen molar-refractivity contribution in [3.63, 3.8) is 0 Å². The van der Waals surface area contributed by atoms with Crippen LogP contribution in [0.3, 0.4) is 0 Å². The standard InChI is InChI=1S/C12H20N4O3S2/c1-19-9-11-13-12(20-14-11)15-5-2-6-16(8-7-15)21(17,18)10-3-4-10/h10H,2-9H2,1H3. The summed E-state index contributed by atoms with van der Waals surface area (Å²) >= 11 is 1.35. The molecule has 2 aliphatic rings. The van der Waals surface area contributed by atoms with Gasteiger partial charge in [0.25, 0.3) is 0 Å². The van der Waals surface area contributed by atoms with Gasteiger partial charge in [0.05, 0.1) is 5.25 Å². The van der Waals surface area contributed by atoms with Crippen LogP contribution in [0.15, 0.2) is 0 Å². The topological polar surface area (TPSA) is 75.6 Å². The highest BCUT2D eigenvalue weighted by molar-refractivity contribution is 7.90. The number of anilines is 1. The van der Waals surface area contributed by atoms with E-state index in [-0.39, 0.29) is 5.25 Å². The van der Waals surface area contributed by atoms with Crippen LogP contribution in [0.2, 0.25) is 0 Å². The van der Waals surface area contributed by atoms with Crippen molar-refractivity contribution < 1.29 is 13.2 Å². The van der Waals surface area contributed by atoms with Gasteiger partial charge in [0.15, 0.2) is 5.82 Å². The van der Waals surface area contributed by atoms with E-state index in [1.807, 2.05) is 0 Å². The molecule has 0 aromatic carbocycles. The number of nitrogens with zero attached hydrogens (tertiary/aromatic N) is 4. The Morgan fingerprint density at radius 1 is 1.29 bits per heavy atom. The summed E-state index contributed by atoms with van der Waals surface area (Å²) in [5, 5.41) is 0.728. The zero-order chi connectivity index (χ0) is 14.9. The second-order valence-electron chi connectivity index (χ2n) is 5.41. The molecular weight excluding hydrogens is 312 g/mol. The Morgan fingerprint density at radius 2 is 2.10 bits per heavy atom. The summed E-state index contributed by atoms with van der Waals surface area (Å²) in [6.45, 7) is 3.05. The van der Waals surface area contributed by atoms with Gasteiger partial charge in [-0.2, -0.15) is 8.68 Å². The van der Waals surface area contributed by atoms with Crippen LogP contribution >= 0.6 is 11.5 Å². The van der Waals surface area contributed by atoms with E-state index >= 15 is 0 Å². The van der Waals surface area contributed by atoms with Gasteiger partial charge in [-0.1, -0.05) is 0 Å². The number of ether oxygens (including phenoxy) is 1. The average Bonchev–Trinajstić information content (AvgIpc) is 3.25. The fraction of sp³-hybridized carbons (Fsp3) is 0.833. The van der Waals surface area contributed by atoms with Gasteiger partial charge >= 0.3 is 0 Å². The number of hydrogen-bond acceptors (Lipinski definition) is 7. The lowest BCUT2D eigenvalue weighted by Crippen LogP contribution is -2.37. The molecule has 1 saturated carbocycles. The van der Waals surface area contributed by atoms with E-state index < -0.39 is 10.0 Å². The molecule has 0 radical (unpaired) electrons. The summed E-state index contributed by atoms with van der Waals surface area (Å²) in [6.07, 6.45) is 2.46. The summed E-state index contributed by atoms with van der Waals surface area (Å²) in [5.41, 5.74) is 0. The molecule has 1 aliphatic carbocycles. The lowest BCUT2D eigenvalue weighted by molar-refractivity contribution is 0.179. The second-order valence-corrected chi connectivity index (χ2v) is 8.35. The molecule has 2 heterocycles. The van der Waals surface area contributed by atoms with Gasteiger partial charge in [-0.05, 0) is 19.3 Å². The molecule has 1 saturated heterocycles. The van der Waals surface area contributed by atoms with E-state index in [1.54, 1.807) is 11.4 Å². The Balaban J connectivity index is 1.64. The van der Waals surface area contributed by atoms with Crippen LogP contribution in [0, 0.1) is 0 Å². The monoisotopic (exact) mass is 332 g/mol. The molecule has 9 heteroatoms. The average molecular weight is 332 g/mol. The van der Waals surface area contributed by atoms with Crippen LogP contribution < -0.4 is 4.90 Å². The molecule has 3 rings (SSSR count). The van der Waals surface area contributed by atoms with Gasteiger partial charge in [-0.3, -0.25) is 0 Å². The van der Waals surface area contributed by atoms with Crippen molar-refractivity contribution in [2.45, 2.75) is 31.1 Å².